The average molecular weight is 203 g/mol. The Morgan fingerprint density at radius 2 is 1.93 bits per heavy atom. The molecule has 0 aliphatic carbocycles. The summed E-state index contributed by atoms with van der Waals surface area (Å²) >= 11 is 0. The highest BCUT2D eigenvalue weighted by atomic mass is 16.6. The van der Waals surface area contributed by atoms with Gasteiger partial charge in [-0.25, -0.2) is 0 Å². The van der Waals surface area contributed by atoms with Gasteiger partial charge < -0.3 is 14.7 Å². The van der Waals surface area contributed by atoms with Crippen LogP contribution in [-0.2, 0) is 14.3 Å². The second-order valence-corrected chi connectivity index (χ2v) is 3.03. The third kappa shape index (κ3) is 3.74. The van der Waals surface area contributed by atoms with Crippen molar-refractivity contribution in [3.05, 3.63) is 0 Å². The van der Waals surface area contributed by atoms with Gasteiger partial charge in [0.1, 0.15) is 6.10 Å². The number of aliphatic hydroxyl groups is 1. The van der Waals surface area contributed by atoms with Crippen LogP contribution in [0.15, 0.2) is 0 Å². The highest BCUT2D eigenvalue weighted by molar-refractivity contribution is 5.73. The molecule has 14 heavy (non-hydrogen) atoms. The molecule has 2 atom stereocenters. The number of nitrogens with zero attached hydrogens (tertiary/aromatic N) is 1. The standard InChI is InChI=1S/C9H17NO4/c1-5-10(7(3)11)9(13)6(2)14-8(4)12/h6,9,13H,5H2,1-4H3. The minimum absolute atomic E-state index is 0.251. The zero-order valence-corrected chi connectivity index (χ0v) is 8.98. The summed E-state index contributed by atoms with van der Waals surface area (Å²) < 4.78 is 4.76. The maximum Gasteiger partial charge on any atom is 0.303 e. The van der Waals surface area contributed by atoms with Crippen LogP contribution < -0.4 is 0 Å². The Labute approximate surface area is 83.6 Å². The Kier molecular flexibility index (Phi) is 5.15. The van der Waals surface area contributed by atoms with E-state index in [0.29, 0.717) is 6.54 Å². The van der Waals surface area contributed by atoms with Gasteiger partial charge in [-0.1, -0.05) is 0 Å². The van der Waals surface area contributed by atoms with Gasteiger partial charge in [-0.05, 0) is 13.8 Å². The van der Waals surface area contributed by atoms with E-state index in [1.165, 1.54) is 25.7 Å². The van der Waals surface area contributed by atoms with Gasteiger partial charge in [0, 0.05) is 20.4 Å². The second-order valence-electron chi connectivity index (χ2n) is 3.03. The fraction of sp³-hybridized carbons (Fsp3) is 0.778. The van der Waals surface area contributed by atoms with Crippen LogP contribution in [0.1, 0.15) is 27.7 Å². The molecule has 0 radical (unpaired) electrons. The molecule has 0 fully saturated rings. The Balaban J connectivity index is 4.33. The predicted octanol–water partition coefficient (Wildman–Crippen LogP) is 0.125. The normalized spacial score (nSPS) is 14.4. The third-order valence-corrected chi connectivity index (χ3v) is 1.84. The number of hydrogen-bond acceptors (Lipinski definition) is 4. The summed E-state index contributed by atoms with van der Waals surface area (Å²) in [7, 11) is 0. The second kappa shape index (κ2) is 5.59. The number of aliphatic hydroxyl groups excluding tert-OH is 1. The van der Waals surface area contributed by atoms with Crippen molar-refractivity contribution >= 4 is 11.9 Å². The molecular formula is C9H17NO4. The fourth-order valence-electron chi connectivity index (χ4n) is 1.17. The fourth-order valence-corrected chi connectivity index (χ4v) is 1.17. The summed E-state index contributed by atoms with van der Waals surface area (Å²) in [5.41, 5.74) is 0. The van der Waals surface area contributed by atoms with Crippen molar-refractivity contribution in [2.75, 3.05) is 6.54 Å². The maximum atomic E-state index is 11.0. The molecule has 82 valence electrons. The lowest BCUT2D eigenvalue weighted by atomic mass is 10.3. The molecule has 0 heterocycles. The SMILES string of the molecule is CCN(C(C)=O)C(O)C(C)OC(C)=O. The molecule has 0 aliphatic heterocycles. The zero-order chi connectivity index (χ0) is 11.3. The van der Waals surface area contributed by atoms with Gasteiger partial charge in [0.25, 0.3) is 0 Å². The number of amides is 1. The van der Waals surface area contributed by atoms with E-state index in [1.54, 1.807) is 6.92 Å². The van der Waals surface area contributed by atoms with Gasteiger partial charge >= 0.3 is 5.97 Å². The summed E-state index contributed by atoms with van der Waals surface area (Å²) in [6.07, 6.45) is -1.79. The maximum absolute atomic E-state index is 11.0. The van der Waals surface area contributed by atoms with Crippen molar-refractivity contribution in [3.8, 4) is 0 Å². The highest BCUT2D eigenvalue weighted by Crippen LogP contribution is 2.05. The first-order valence-corrected chi connectivity index (χ1v) is 4.52. The van der Waals surface area contributed by atoms with Crippen LogP contribution in [0.5, 0.6) is 0 Å². The van der Waals surface area contributed by atoms with Crippen LogP contribution >= 0.6 is 0 Å². The Morgan fingerprint density at radius 3 is 2.21 bits per heavy atom. The lowest BCUT2D eigenvalue weighted by Gasteiger charge is -2.29. The first-order chi connectivity index (χ1) is 6.40. The molecule has 0 aromatic rings. The molecule has 5 nitrogen and oxygen atoms in total. The number of hydrogen-bond donors (Lipinski definition) is 1. The van der Waals surface area contributed by atoms with Crippen molar-refractivity contribution < 1.29 is 19.4 Å². The van der Waals surface area contributed by atoms with Crippen molar-refractivity contribution in [1.82, 2.24) is 4.90 Å². The van der Waals surface area contributed by atoms with Crippen LogP contribution in [-0.4, -0.2) is 40.8 Å². The van der Waals surface area contributed by atoms with Crippen LogP contribution in [0, 0.1) is 0 Å². The van der Waals surface area contributed by atoms with Crippen molar-refractivity contribution in [2.24, 2.45) is 0 Å². The van der Waals surface area contributed by atoms with Crippen LogP contribution in [0.25, 0.3) is 0 Å². The van der Waals surface area contributed by atoms with E-state index in [9.17, 15) is 14.7 Å². The quantitative estimate of drug-likeness (QED) is 0.520. The molecule has 0 spiro atoms. The monoisotopic (exact) mass is 203 g/mol. The zero-order valence-electron chi connectivity index (χ0n) is 8.98. The predicted molar refractivity (Wildman–Crippen MR) is 50.3 cm³/mol. The van der Waals surface area contributed by atoms with E-state index in [1.807, 2.05) is 0 Å². The molecular weight excluding hydrogens is 186 g/mol. The molecule has 0 rings (SSSR count). The van der Waals surface area contributed by atoms with Crippen LogP contribution in [0.4, 0.5) is 0 Å². The lowest BCUT2D eigenvalue weighted by molar-refractivity contribution is -0.166. The molecule has 0 saturated heterocycles. The number of ether oxygens (including phenoxy) is 1. The van der Waals surface area contributed by atoms with Crippen LogP contribution in [0.2, 0.25) is 0 Å². The summed E-state index contributed by atoms with van der Waals surface area (Å²) in [5.74, 6) is -0.727. The summed E-state index contributed by atoms with van der Waals surface area (Å²) in [4.78, 5) is 22.9. The topological polar surface area (TPSA) is 66.8 Å². The lowest BCUT2D eigenvalue weighted by Crippen LogP contribution is -2.46. The minimum Gasteiger partial charge on any atom is -0.458 e. The third-order valence-electron chi connectivity index (χ3n) is 1.84. The molecule has 1 amide bonds. The average Bonchev–Trinajstić information content (AvgIpc) is 2.03. The first kappa shape index (κ1) is 12.9. The van der Waals surface area contributed by atoms with E-state index < -0.39 is 18.3 Å². The Hall–Kier alpha value is -1.10. The highest BCUT2D eigenvalue weighted by Gasteiger charge is 2.24. The van der Waals surface area contributed by atoms with E-state index in [2.05, 4.69) is 0 Å². The molecule has 0 aromatic heterocycles. The van der Waals surface area contributed by atoms with Gasteiger partial charge in [0.2, 0.25) is 5.91 Å². The van der Waals surface area contributed by atoms with E-state index in [-0.39, 0.29) is 5.91 Å². The van der Waals surface area contributed by atoms with Gasteiger partial charge in [-0.3, -0.25) is 9.59 Å². The molecule has 0 saturated carbocycles. The van der Waals surface area contributed by atoms with E-state index in [0.717, 1.165) is 0 Å². The molecule has 5 heteroatoms. The molecule has 0 aromatic carbocycles. The Bertz CT molecular complexity index is 217. The molecule has 0 aliphatic rings. The molecule has 0 bridgehead atoms. The number of likely N-dealkylation sites (N-methyl/N-ethyl adjacent to an activating group) is 1. The number of carbonyl (C=O) groups is 2. The summed E-state index contributed by atoms with van der Waals surface area (Å²) in [6, 6.07) is 0. The summed E-state index contributed by atoms with van der Waals surface area (Å²) in [5, 5.41) is 9.62. The van der Waals surface area contributed by atoms with Crippen molar-refractivity contribution in [2.45, 2.75) is 40.0 Å². The summed E-state index contributed by atoms with van der Waals surface area (Å²) in [6.45, 7) is 6.27. The smallest absolute Gasteiger partial charge is 0.303 e. The number of esters is 1. The first-order valence-electron chi connectivity index (χ1n) is 4.52. The van der Waals surface area contributed by atoms with Crippen molar-refractivity contribution in [3.63, 3.8) is 0 Å². The van der Waals surface area contributed by atoms with Gasteiger partial charge in [0.05, 0.1) is 0 Å². The van der Waals surface area contributed by atoms with Crippen molar-refractivity contribution in [1.29, 1.82) is 0 Å². The van der Waals surface area contributed by atoms with E-state index in [4.69, 9.17) is 4.74 Å². The van der Waals surface area contributed by atoms with Gasteiger partial charge in [0.15, 0.2) is 6.23 Å². The Morgan fingerprint density at radius 1 is 1.43 bits per heavy atom. The number of rotatable bonds is 4. The molecule has 1 N–H and O–H groups in total. The van der Waals surface area contributed by atoms with Crippen LogP contribution in [0.3, 0.4) is 0 Å². The van der Waals surface area contributed by atoms with E-state index >= 15 is 0 Å². The van der Waals surface area contributed by atoms with Gasteiger partial charge in [-0.15, -0.1) is 0 Å². The molecule has 2 unspecified atom stereocenters. The van der Waals surface area contributed by atoms with Gasteiger partial charge in [-0.2, -0.15) is 0 Å². The number of carbonyl (C=O) groups excluding carboxylic acids is 2. The largest absolute Gasteiger partial charge is 0.458 e. The minimum atomic E-state index is -1.08.